The predicted octanol–water partition coefficient (Wildman–Crippen LogP) is 3.63. The lowest BCUT2D eigenvalue weighted by atomic mass is 10.2. The number of halogens is 2. The van der Waals surface area contributed by atoms with Crippen molar-refractivity contribution in [3.05, 3.63) is 46.2 Å². The van der Waals surface area contributed by atoms with Crippen molar-refractivity contribution in [2.45, 2.75) is 13.8 Å². The van der Waals surface area contributed by atoms with Gasteiger partial charge in [0.25, 0.3) is 5.91 Å². The van der Waals surface area contributed by atoms with E-state index in [0.29, 0.717) is 23.1 Å². The van der Waals surface area contributed by atoms with Crippen LogP contribution in [0.2, 0.25) is 0 Å². The van der Waals surface area contributed by atoms with Gasteiger partial charge in [-0.2, -0.15) is 0 Å². The van der Waals surface area contributed by atoms with Crippen LogP contribution in [0, 0.1) is 5.82 Å². The van der Waals surface area contributed by atoms with E-state index in [1.807, 2.05) is 13.8 Å². The Morgan fingerprint density at radius 2 is 2.18 bits per heavy atom. The first-order valence-electron chi connectivity index (χ1n) is 5.34. The summed E-state index contributed by atoms with van der Waals surface area (Å²) < 4.78 is 13.4. The molecule has 1 rings (SSSR count). The van der Waals surface area contributed by atoms with Crippen LogP contribution in [0.5, 0.6) is 0 Å². The third-order valence-electron chi connectivity index (χ3n) is 2.29. The molecule has 0 saturated heterocycles. The van der Waals surface area contributed by atoms with Gasteiger partial charge >= 0.3 is 0 Å². The van der Waals surface area contributed by atoms with E-state index < -0.39 is 0 Å². The molecule has 0 heterocycles. The molecule has 92 valence electrons. The van der Waals surface area contributed by atoms with Gasteiger partial charge in [-0.1, -0.05) is 12.2 Å². The average Bonchev–Trinajstić information content (AvgIpc) is 2.24. The summed E-state index contributed by atoms with van der Waals surface area (Å²) >= 11 is 3.20. The Morgan fingerprint density at radius 1 is 1.53 bits per heavy atom. The van der Waals surface area contributed by atoms with Crippen LogP contribution in [0.1, 0.15) is 24.2 Å². The quantitative estimate of drug-likeness (QED) is 0.778. The van der Waals surface area contributed by atoms with E-state index in [2.05, 4.69) is 22.5 Å². The summed E-state index contributed by atoms with van der Waals surface area (Å²) in [5.41, 5.74) is 1.38. The van der Waals surface area contributed by atoms with Gasteiger partial charge in [0, 0.05) is 17.6 Å². The Balaban J connectivity index is 2.97. The Hall–Kier alpha value is -1.16. The van der Waals surface area contributed by atoms with Gasteiger partial charge in [-0.05, 0) is 48.0 Å². The second-order valence-electron chi connectivity index (χ2n) is 3.90. The van der Waals surface area contributed by atoms with Crippen LogP contribution >= 0.6 is 15.9 Å². The highest BCUT2D eigenvalue weighted by molar-refractivity contribution is 9.10. The maximum atomic E-state index is 12.9. The summed E-state index contributed by atoms with van der Waals surface area (Å²) in [6, 6.07) is 4.07. The van der Waals surface area contributed by atoms with Gasteiger partial charge in [0.2, 0.25) is 0 Å². The first kappa shape index (κ1) is 13.9. The molecule has 17 heavy (non-hydrogen) atoms. The van der Waals surface area contributed by atoms with Crippen molar-refractivity contribution in [3.8, 4) is 0 Å². The van der Waals surface area contributed by atoms with Crippen molar-refractivity contribution in [2.75, 3.05) is 13.1 Å². The predicted molar refractivity (Wildman–Crippen MR) is 70.5 cm³/mol. The molecule has 0 bridgehead atoms. The molecule has 0 aliphatic rings. The molecule has 0 spiro atoms. The van der Waals surface area contributed by atoms with Gasteiger partial charge in [0.15, 0.2) is 0 Å². The van der Waals surface area contributed by atoms with Gasteiger partial charge in [-0.15, -0.1) is 0 Å². The van der Waals surface area contributed by atoms with E-state index in [4.69, 9.17) is 0 Å². The molecule has 0 aliphatic carbocycles. The number of hydrogen-bond donors (Lipinski definition) is 0. The molecule has 0 aromatic heterocycles. The number of likely N-dealkylation sites (N-methyl/N-ethyl adjacent to an activating group) is 1. The molecular formula is C13H15BrFNO. The maximum Gasteiger partial charge on any atom is 0.255 e. The van der Waals surface area contributed by atoms with E-state index in [9.17, 15) is 9.18 Å². The number of amides is 1. The van der Waals surface area contributed by atoms with Gasteiger partial charge in [-0.25, -0.2) is 4.39 Å². The number of rotatable bonds is 4. The van der Waals surface area contributed by atoms with Crippen LogP contribution in [0.15, 0.2) is 34.8 Å². The summed E-state index contributed by atoms with van der Waals surface area (Å²) in [5.74, 6) is -0.487. The number of carbonyl (C=O) groups is 1. The van der Waals surface area contributed by atoms with Crippen molar-refractivity contribution in [1.82, 2.24) is 4.90 Å². The van der Waals surface area contributed by atoms with E-state index in [-0.39, 0.29) is 11.7 Å². The van der Waals surface area contributed by atoms with Crippen LogP contribution in [0.25, 0.3) is 0 Å². The summed E-state index contributed by atoms with van der Waals surface area (Å²) in [6.45, 7) is 8.67. The second-order valence-corrected chi connectivity index (χ2v) is 4.75. The Morgan fingerprint density at radius 3 is 2.65 bits per heavy atom. The molecule has 2 nitrogen and oxygen atoms in total. The molecule has 0 fully saturated rings. The molecule has 0 N–H and O–H groups in total. The van der Waals surface area contributed by atoms with Crippen molar-refractivity contribution < 1.29 is 9.18 Å². The van der Waals surface area contributed by atoms with E-state index in [1.165, 1.54) is 18.2 Å². The zero-order valence-corrected chi connectivity index (χ0v) is 11.6. The zero-order chi connectivity index (χ0) is 13.0. The topological polar surface area (TPSA) is 20.3 Å². The largest absolute Gasteiger partial charge is 0.335 e. The first-order valence-corrected chi connectivity index (χ1v) is 6.13. The van der Waals surface area contributed by atoms with Crippen LogP contribution < -0.4 is 0 Å². The summed E-state index contributed by atoms with van der Waals surface area (Å²) in [6.07, 6.45) is 0. The lowest BCUT2D eigenvalue weighted by molar-refractivity contribution is 0.0777. The van der Waals surface area contributed by atoms with Gasteiger partial charge in [0.05, 0.1) is 5.56 Å². The minimum absolute atomic E-state index is 0.123. The maximum absolute atomic E-state index is 12.9. The number of nitrogens with zero attached hydrogens (tertiary/aromatic N) is 1. The van der Waals surface area contributed by atoms with E-state index in [1.54, 1.807) is 4.90 Å². The fourth-order valence-electron chi connectivity index (χ4n) is 1.49. The summed E-state index contributed by atoms with van der Waals surface area (Å²) in [7, 11) is 0. The van der Waals surface area contributed by atoms with Crippen LogP contribution in [-0.4, -0.2) is 23.9 Å². The third-order valence-corrected chi connectivity index (χ3v) is 2.95. The molecular weight excluding hydrogens is 285 g/mol. The lowest BCUT2D eigenvalue weighted by Gasteiger charge is -2.21. The van der Waals surface area contributed by atoms with Gasteiger partial charge < -0.3 is 4.90 Å². The number of benzene rings is 1. The molecule has 1 amide bonds. The monoisotopic (exact) mass is 299 g/mol. The van der Waals surface area contributed by atoms with Crippen molar-refractivity contribution in [3.63, 3.8) is 0 Å². The molecule has 0 unspecified atom stereocenters. The van der Waals surface area contributed by atoms with Gasteiger partial charge in [0.1, 0.15) is 5.82 Å². The average molecular weight is 300 g/mol. The Labute approximate surface area is 109 Å². The number of carbonyl (C=O) groups excluding carboxylic acids is 1. The Kier molecular flexibility index (Phi) is 4.87. The van der Waals surface area contributed by atoms with Crippen molar-refractivity contribution >= 4 is 21.8 Å². The summed E-state index contributed by atoms with van der Waals surface area (Å²) in [5, 5.41) is 0. The summed E-state index contributed by atoms with van der Waals surface area (Å²) in [4.78, 5) is 13.8. The van der Waals surface area contributed by atoms with Crippen molar-refractivity contribution in [1.29, 1.82) is 0 Å². The SMILES string of the molecule is C=C(C)CN(CC)C(=O)c1ccc(F)cc1Br. The Bertz CT molecular complexity index is 445. The minimum atomic E-state index is -0.364. The highest BCUT2D eigenvalue weighted by Crippen LogP contribution is 2.20. The van der Waals surface area contributed by atoms with Crippen molar-refractivity contribution in [2.24, 2.45) is 0 Å². The third kappa shape index (κ3) is 3.66. The van der Waals surface area contributed by atoms with E-state index >= 15 is 0 Å². The smallest absolute Gasteiger partial charge is 0.255 e. The van der Waals surface area contributed by atoms with E-state index in [0.717, 1.165) is 5.57 Å². The normalized spacial score (nSPS) is 10.1. The molecule has 1 aromatic rings. The molecule has 0 atom stereocenters. The molecule has 0 radical (unpaired) electrons. The second kappa shape index (κ2) is 5.96. The molecule has 4 heteroatoms. The highest BCUT2D eigenvalue weighted by atomic mass is 79.9. The molecule has 0 aliphatic heterocycles. The van der Waals surface area contributed by atoms with Crippen LogP contribution in [-0.2, 0) is 0 Å². The fraction of sp³-hybridized carbons (Fsp3) is 0.308. The first-order chi connectivity index (χ1) is 7.95. The fourth-order valence-corrected chi connectivity index (χ4v) is 2.01. The zero-order valence-electron chi connectivity index (χ0n) is 9.96. The van der Waals surface area contributed by atoms with Gasteiger partial charge in [-0.3, -0.25) is 4.79 Å². The lowest BCUT2D eigenvalue weighted by Crippen LogP contribution is -2.32. The molecule has 1 aromatic carbocycles. The standard InChI is InChI=1S/C13H15BrFNO/c1-4-16(8-9(2)3)13(17)11-6-5-10(15)7-12(11)14/h5-7H,2,4,8H2,1,3H3. The minimum Gasteiger partial charge on any atom is -0.335 e. The van der Waals surface area contributed by atoms with Crippen LogP contribution in [0.3, 0.4) is 0 Å². The number of hydrogen-bond acceptors (Lipinski definition) is 1. The van der Waals surface area contributed by atoms with Crippen LogP contribution in [0.4, 0.5) is 4.39 Å². The highest BCUT2D eigenvalue weighted by Gasteiger charge is 2.17. The molecule has 0 saturated carbocycles.